The Kier molecular flexibility index (Phi) is 9.01. The van der Waals surface area contributed by atoms with Gasteiger partial charge in [-0.3, -0.25) is 24.1 Å². The number of fused-ring (bicyclic) bond motifs is 2. The first-order valence-electron chi connectivity index (χ1n) is 12.3. The van der Waals surface area contributed by atoms with Gasteiger partial charge in [-0.2, -0.15) is 0 Å². The summed E-state index contributed by atoms with van der Waals surface area (Å²) in [4.78, 5) is 53.8. The number of amides is 2. The maximum Gasteiger partial charge on any atom is 0.311 e. The zero-order chi connectivity index (χ0) is 30.5. The summed E-state index contributed by atoms with van der Waals surface area (Å²) in [5.41, 5.74) is 1.36. The van der Waals surface area contributed by atoms with Crippen molar-refractivity contribution >= 4 is 104 Å². The molecule has 0 aliphatic carbocycles. The van der Waals surface area contributed by atoms with Gasteiger partial charge in [0, 0.05) is 41.4 Å². The molecular formula is C29H18Br4ClNO7. The Morgan fingerprint density at radius 2 is 1.52 bits per heavy atom. The topological polar surface area (TPSA) is 103 Å². The van der Waals surface area contributed by atoms with Crippen molar-refractivity contribution in [2.75, 3.05) is 13.7 Å². The van der Waals surface area contributed by atoms with Crippen LogP contribution in [0, 0.1) is 6.92 Å². The lowest BCUT2D eigenvalue weighted by atomic mass is 10.1. The lowest BCUT2D eigenvalue weighted by molar-refractivity contribution is -0.134. The molecule has 0 N–H and O–H groups in total. The quantitative estimate of drug-likeness (QED) is 0.0797. The van der Waals surface area contributed by atoms with E-state index in [1.807, 2.05) is 0 Å². The minimum absolute atomic E-state index is 0.0396. The third-order valence-corrected chi connectivity index (χ3v) is 11.8. The van der Waals surface area contributed by atoms with Gasteiger partial charge in [-0.05, 0) is 119 Å². The molecule has 1 aromatic heterocycles. The van der Waals surface area contributed by atoms with Crippen molar-refractivity contribution in [2.24, 2.45) is 0 Å². The second-order valence-electron chi connectivity index (χ2n) is 9.26. The molecule has 2 amide bonds. The van der Waals surface area contributed by atoms with Gasteiger partial charge in [-0.25, -0.2) is 0 Å². The average Bonchev–Trinajstić information content (AvgIpc) is 3.22. The minimum atomic E-state index is -0.737. The van der Waals surface area contributed by atoms with Crippen molar-refractivity contribution in [1.82, 2.24) is 4.90 Å². The molecule has 13 heteroatoms. The van der Waals surface area contributed by atoms with Gasteiger partial charge in [0.1, 0.15) is 11.3 Å². The van der Waals surface area contributed by atoms with Crippen molar-refractivity contribution in [3.05, 3.63) is 86.2 Å². The molecule has 2 heterocycles. The molecular weight excluding hydrogens is 829 g/mol. The molecule has 1 aliphatic rings. The van der Waals surface area contributed by atoms with E-state index in [-0.39, 0.29) is 53.0 Å². The third kappa shape index (κ3) is 5.47. The van der Waals surface area contributed by atoms with Crippen LogP contribution in [0.1, 0.15) is 39.1 Å². The monoisotopic (exact) mass is 843 g/mol. The SMILES string of the molecule is COc1ccc(-c2oc3cc(C)c(Cl)cc3c(=O)c2OC(=O)CCCN2C(=O)c3c(Br)c(Br)c(Br)c(Br)c3C2=O)cc1. The average molecular weight is 848 g/mol. The summed E-state index contributed by atoms with van der Waals surface area (Å²) in [6, 6.07) is 9.86. The summed E-state index contributed by atoms with van der Waals surface area (Å²) in [7, 11) is 1.53. The normalized spacial score (nSPS) is 12.7. The summed E-state index contributed by atoms with van der Waals surface area (Å²) in [5.74, 6) is -1.35. The van der Waals surface area contributed by atoms with Gasteiger partial charge >= 0.3 is 5.97 Å². The number of carbonyl (C=O) groups is 3. The van der Waals surface area contributed by atoms with Gasteiger partial charge in [0.15, 0.2) is 5.76 Å². The van der Waals surface area contributed by atoms with Gasteiger partial charge in [-0.1, -0.05) is 11.6 Å². The van der Waals surface area contributed by atoms with Gasteiger partial charge < -0.3 is 13.9 Å². The minimum Gasteiger partial charge on any atom is -0.497 e. The Bertz CT molecular complexity index is 1820. The molecule has 8 nitrogen and oxygen atoms in total. The van der Waals surface area contributed by atoms with E-state index in [0.717, 1.165) is 4.90 Å². The smallest absolute Gasteiger partial charge is 0.311 e. The van der Waals surface area contributed by atoms with Crippen molar-refractivity contribution in [3.63, 3.8) is 0 Å². The summed E-state index contributed by atoms with van der Waals surface area (Å²) in [5, 5.41) is 0.521. The second-order valence-corrected chi connectivity index (χ2v) is 12.8. The second kappa shape index (κ2) is 12.2. The summed E-state index contributed by atoms with van der Waals surface area (Å²) >= 11 is 19.8. The highest BCUT2D eigenvalue weighted by atomic mass is 79.9. The number of rotatable bonds is 7. The van der Waals surface area contributed by atoms with E-state index in [1.165, 1.54) is 13.2 Å². The van der Waals surface area contributed by atoms with Crippen LogP contribution in [0.3, 0.4) is 0 Å². The van der Waals surface area contributed by atoms with Crippen LogP contribution in [0.25, 0.3) is 22.3 Å². The summed E-state index contributed by atoms with van der Waals surface area (Å²) in [6.07, 6.45) is -0.0823. The number of aryl methyl sites for hydroxylation is 1. The summed E-state index contributed by atoms with van der Waals surface area (Å²) < 4.78 is 18.9. The molecule has 0 unspecified atom stereocenters. The van der Waals surface area contributed by atoms with E-state index in [1.54, 1.807) is 37.3 Å². The fourth-order valence-electron chi connectivity index (χ4n) is 4.47. The van der Waals surface area contributed by atoms with E-state index in [4.69, 9.17) is 25.5 Å². The highest BCUT2D eigenvalue weighted by molar-refractivity contribution is 9.15. The van der Waals surface area contributed by atoms with Crippen LogP contribution >= 0.6 is 75.3 Å². The fourth-order valence-corrected chi connectivity index (χ4v) is 7.09. The fraction of sp³-hybridized carbons (Fsp3) is 0.172. The van der Waals surface area contributed by atoms with Crippen molar-refractivity contribution in [2.45, 2.75) is 19.8 Å². The number of ether oxygens (including phenoxy) is 2. The number of esters is 1. The molecule has 3 aromatic carbocycles. The molecule has 1 aliphatic heterocycles. The molecule has 0 bridgehead atoms. The molecule has 216 valence electrons. The van der Waals surface area contributed by atoms with Crippen molar-refractivity contribution in [1.29, 1.82) is 0 Å². The lowest BCUT2D eigenvalue weighted by Gasteiger charge is -2.14. The number of imide groups is 1. The Labute approximate surface area is 277 Å². The Morgan fingerprint density at radius 1 is 0.929 bits per heavy atom. The van der Waals surface area contributed by atoms with E-state index >= 15 is 0 Å². The number of methoxy groups -OCH3 is 1. The van der Waals surface area contributed by atoms with E-state index < -0.39 is 23.2 Å². The van der Waals surface area contributed by atoms with Gasteiger partial charge in [0.25, 0.3) is 11.8 Å². The molecule has 4 aromatic rings. The largest absolute Gasteiger partial charge is 0.497 e. The first-order valence-corrected chi connectivity index (χ1v) is 15.8. The van der Waals surface area contributed by atoms with Crippen LogP contribution in [0.15, 0.2) is 63.5 Å². The first-order chi connectivity index (χ1) is 19.9. The van der Waals surface area contributed by atoms with Gasteiger partial charge in [0.05, 0.1) is 23.6 Å². The lowest BCUT2D eigenvalue weighted by Crippen LogP contribution is -2.31. The van der Waals surface area contributed by atoms with E-state index in [0.29, 0.717) is 39.8 Å². The maximum atomic E-state index is 13.5. The van der Waals surface area contributed by atoms with Crippen LogP contribution in [-0.4, -0.2) is 36.3 Å². The molecule has 0 fully saturated rings. The van der Waals surface area contributed by atoms with Gasteiger partial charge in [-0.15, -0.1) is 0 Å². The molecule has 42 heavy (non-hydrogen) atoms. The molecule has 0 spiro atoms. The van der Waals surface area contributed by atoms with Crippen molar-refractivity contribution < 1.29 is 28.3 Å². The Morgan fingerprint density at radius 3 is 2.10 bits per heavy atom. The van der Waals surface area contributed by atoms with Crippen LogP contribution in [0.4, 0.5) is 0 Å². The highest BCUT2D eigenvalue weighted by Crippen LogP contribution is 2.45. The number of hydrogen-bond acceptors (Lipinski definition) is 7. The molecule has 0 saturated carbocycles. The van der Waals surface area contributed by atoms with Crippen LogP contribution in [0.2, 0.25) is 5.02 Å². The number of benzene rings is 3. The first kappa shape index (κ1) is 30.9. The van der Waals surface area contributed by atoms with Crippen molar-refractivity contribution in [3.8, 4) is 22.8 Å². The zero-order valence-electron chi connectivity index (χ0n) is 21.8. The number of hydrogen-bond donors (Lipinski definition) is 0. The number of carbonyl (C=O) groups excluding carboxylic acids is 3. The van der Waals surface area contributed by atoms with E-state index in [9.17, 15) is 19.2 Å². The van der Waals surface area contributed by atoms with Gasteiger partial charge in [0.2, 0.25) is 11.2 Å². The van der Waals surface area contributed by atoms with Crippen LogP contribution in [0.5, 0.6) is 11.5 Å². The highest BCUT2D eigenvalue weighted by Gasteiger charge is 2.40. The molecule has 0 radical (unpaired) electrons. The molecule has 5 rings (SSSR count). The van der Waals surface area contributed by atoms with E-state index in [2.05, 4.69) is 63.7 Å². The maximum absolute atomic E-state index is 13.5. The number of halogens is 5. The Hall–Kier alpha value is -2.51. The summed E-state index contributed by atoms with van der Waals surface area (Å²) in [6.45, 7) is 1.74. The Balaban J connectivity index is 1.39. The predicted octanol–water partition coefficient (Wildman–Crippen LogP) is 8.46. The zero-order valence-corrected chi connectivity index (χ0v) is 28.9. The number of nitrogens with zero attached hydrogens (tertiary/aromatic N) is 1. The van der Waals surface area contributed by atoms with Crippen LogP contribution in [-0.2, 0) is 4.79 Å². The standard InChI is InChI=1S/C29H18Br4ClNO7/c1-12-10-17-15(11-16(12)34)25(37)27(26(41-17)13-5-7-14(40-2)8-6-13)42-18(36)4-3-9-35-28(38)19-20(29(35)39)22(31)24(33)23(32)21(19)30/h5-8,10-11H,3-4,9H2,1-2H3. The predicted molar refractivity (Wildman–Crippen MR) is 172 cm³/mol. The molecule has 0 atom stereocenters. The van der Waals surface area contributed by atoms with Crippen LogP contribution < -0.4 is 14.9 Å². The third-order valence-electron chi connectivity index (χ3n) is 6.65. The molecule has 0 saturated heterocycles.